The van der Waals surface area contributed by atoms with Crippen LogP contribution < -0.4 is 0 Å². The predicted octanol–water partition coefficient (Wildman–Crippen LogP) is 10.5. The number of ether oxygens (including phenoxy) is 2. The van der Waals surface area contributed by atoms with Gasteiger partial charge in [-0.3, -0.25) is 9.59 Å². The number of carbonyl (C=O) groups is 2. The Labute approximate surface area is 381 Å². The molecule has 1 aromatic carbocycles. The maximum atomic E-state index is 15.2. The Kier molecular flexibility index (Phi) is 10.0. The highest BCUT2D eigenvalue weighted by molar-refractivity contribution is 6.01. The van der Waals surface area contributed by atoms with Crippen LogP contribution in [0.2, 0.25) is 0 Å². The van der Waals surface area contributed by atoms with Crippen LogP contribution in [0.3, 0.4) is 0 Å². The second kappa shape index (κ2) is 14.8. The number of rotatable bonds is 10. The van der Waals surface area contributed by atoms with Crippen molar-refractivity contribution < 1.29 is 29.3 Å². The van der Waals surface area contributed by atoms with Crippen LogP contribution in [-0.2, 0) is 32.0 Å². The van der Waals surface area contributed by atoms with E-state index in [4.69, 9.17) is 9.47 Å². The highest BCUT2D eigenvalue weighted by Gasteiger charge is 2.77. The first-order valence-electron chi connectivity index (χ1n) is 25.3. The molecule has 0 radical (unpaired) electrons. The quantitative estimate of drug-likeness (QED) is 0.138. The van der Waals surface area contributed by atoms with E-state index in [1.165, 1.54) is 35.1 Å². The number of allylic oxidation sites excluding steroid dienone is 2. The van der Waals surface area contributed by atoms with Crippen LogP contribution in [0.25, 0.3) is 11.0 Å². The van der Waals surface area contributed by atoms with Crippen LogP contribution in [0, 0.1) is 58.2 Å². The minimum Gasteiger partial charge on any atom is -0.390 e. The number of H-pyrrole nitrogens is 1. The topological polar surface area (TPSA) is 117 Å². The number of Topliss-reactive ketones (excluding diaryl/α,β-unsaturated/α-hetero) is 2. The lowest BCUT2D eigenvalue weighted by Crippen LogP contribution is -2.72. The van der Waals surface area contributed by atoms with Crippen LogP contribution in [0.15, 0.2) is 60.0 Å². The summed E-state index contributed by atoms with van der Waals surface area (Å²) in [5, 5.41) is 26.0. The number of aryl methyl sites for hydroxylation is 1. The summed E-state index contributed by atoms with van der Waals surface area (Å²) in [4.78, 5) is 33.3. The number of hydrogen-bond donors (Lipinski definition) is 3. The summed E-state index contributed by atoms with van der Waals surface area (Å²) >= 11 is 0. The van der Waals surface area contributed by atoms with Crippen LogP contribution >= 0.6 is 0 Å². The molecule has 2 aliphatic heterocycles. The van der Waals surface area contributed by atoms with Gasteiger partial charge < -0.3 is 29.2 Å². The third kappa shape index (κ3) is 6.12. The molecule has 3 N–H and O–H groups in total. The molecule has 9 aliphatic rings. The Morgan fingerprint density at radius 1 is 0.984 bits per heavy atom. The van der Waals surface area contributed by atoms with E-state index >= 15 is 4.79 Å². The van der Waals surface area contributed by atoms with Crippen molar-refractivity contribution in [2.45, 2.75) is 174 Å². The number of carbonyl (C=O) groups excluding carboxylic acids is 2. The molecule has 2 saturated heterocycles. The SMILES string of the molecule is Cc1cc(Cc2cn(C[C@H]3C4=C([C@H](C)C[C@@H](O)[C@H]5OC5(C)C)C(=O)C[C@@]45CC=C[C@]3(O)[C@@H]3[C@]4(C)CCC(=O)[C@@](C)(C6CCCC6)[C@@H]4CC[C@@]35C)c3cc[nH]c23)cc(C2CCOCC2)c1. The third-order valence-electron chi connectivity index (χ3n) is 20.1. The van der Waals surface area contributed by atoms with Crippen LogP contribution in [0.5, 0.6) is 0 Å². The van der Waals surface area contributed by atoms with Gasteiger partial charge in [0, 0.05) is 74.1 Å². The molecule has 3 aromatic rings. The molecule has 8 heteroatoms. The van der Waals surface area contributed by atoms with Gasteiger partial charge in [-0.1, -0.05) is 76.5 Å². The third-order valence-corrected chi connectivity index (χ3v) is 20.1. The van der Waals surface area contributed by atoms with Crippen molar-refractivity contribution in [3.8, 4) is 0 Å². The van der Waals surface area contributed by atoms with Gasteiger partial charge in [-0.15, -0.1) is 0 Å². The van der Waals surface area contributed by atoms with Gasteiger partial charge in [0.25, 0.3) is 0 Å². The van der Waals surface area contributed by atoms with E-state index in [9.17, 15) is 15.0 Å². The molecule has 344 valence electrons. The van der Waals surface area contributed by atoms with Gasteiger partial charge in [-0.25, -0.2) is 0 Å². The zero-order valence-electron chi connectivity index (χ0n) is 39.7. The Morgan fingerprint density at radius 3 is 2.47 bits per heavy atom. The van der Waals surface area contributed by atoms with E-state index < -0.39 is 22.5 Å². The van der Waals surface area contributed by atoms with Crippen LogP contribution in [-0.4, -0.2) is 68.0 Å². The molecule has 64 heavy (non-hydrogen) atoms. The number of ketones is 2. The number of fused-ring (bicyclic) bond motifs is 3. The molecule has 12 rings (SSSR count). The second-order valence-electron chi connectivity index (χ2n) is 23.9. The number of nitrogens with one attached hydrogen (secondary N) is 1. The Balaban J connectivity index is 1.04. The molecule has 0 amide bonds. The molecule has 11 atom stereocenters. The van der Waals surface area contributed by atoms with Gasteiger partial charge in [-0.2, -0.15) is 0 Å². The van der Waals surface area contributed by atoms with Crippen molar-refractivity contribution in [3.05, 3.63) is 82.2 Å². The molecular weight excluding hydrogens is 797 g/mol. The Bertz CT molecular complexity index is 2440. The minimum absolute atomic E-state index is 0.145. The lowest BCUT2D eigenvalue weighted by atomic mass is 9.31. The van der Waals surface area contributed by atoms with E-state index in [1.54, 1.807) is 0 Å². The first-order valence-corrected chi connectivity index (χ1v) is 25.3. The van der Waals surface area contributed by atoms with Gasteiger partial charge in [-0.05, 0) is 147 Å². The zero-order valence-corrected chi connectivity index (χ0v) is 39.7. The first kappa shape index (κ1) is 43.3. The van der Waals surface area contributed by atoms with Gasteiger partial charge in [0.15, 0.2) is 5.78 Å². The minimum atomic E-state index is -1.27. The standard InChI is InChI=1S/C56H74N2O6/c1-33-25-35(28-37(26-33)36-16-23-63-24-17-36)29-38-31-58(41-15-22-57-48(38)41)32-40-47-46(34(2)27-42(59)49-51(3,4)64-49)43(60)30-55(47)18-10-19-56(40,62)50-52(5)20-14-45(61)54(7,39-11-8-9-12-39)44(52)13-21-53(50,55)6/h10,15,19,22,25-26,28,31,34,36,39-40,42,44,49-50,57,59,62H,8-9,11-14,16-18,20-21,23-24,27,29-30,32H2,1-7H3/t34-,40+,42-,44-,49-,50-,52-,53+,54+,55+,56-/m1/s1. The monoisotopic (exact) mass is 871 g/mol. The number of nitrogens with zero attached hydrogens (tertiary/aromatic N) is 1. The van der Waals surface area contributed by atoms with Crippen molar-refractivity contribution in [2.75, 3.05) is 13.2 Å². The Morgan fingerprint density at radius 2 is 1.73 bits per heavy atom. The van der Waals surface area contributed by atoms with Crippen LogP contribution in [0.1, 0.15) is 153 Å². The number of benzene rings is 1. The second-order valence-corrected chi connectivity index (χ2v) is 23.9. The summed E-state index contributed by atoms with van der Waals surface area (Å²) in [6.45, 7) is 17.8. The van der Waals surface area contributed by atoms with Crippen LogP contribution in [0.4, 0.5) is 0 Å². The summed E-state index contributed by atoms with van der Waals surface area (Å²) in [5.74, 6) is 0.995. The van der Waals surface area contributed by atoms with Crippen molar-refractivity contribution >= 4 is 22.6 Å². The summed E-state index contributed by atoms with van der Waals surface area (Å²) in [6, 6.07) is 9.28. The van der Waals surface area contributed by atoms with Crippen molar-refractivity contribution in [3.63, 3.8) is 0 Å². The normalized spacial score (nSPS) is 39.3. The lowest BCUT2D eigenvalue weighted by molar-refractivity contribution is -0.249. The summed E-state index contributed by atoms with van der Waals surface area (Å²) < 4.78 is 14.1. The lowest BCUT2D eigenvalue weighted by Gasteiger charge is -2.72. The molecule has 4 saturated carbocycles. The molecule has 2 aromatic heterocycles. The number of epoxide rings is 1. The molecule has 4 heterocycles. The summed E-state index contributed by atoms with van der Waals surface area (Å²) in [5.41, 5.74) is 6.26. The highest BCUT2D eigenvalue weighted by atomic mass is 16.6. The van der Waals surface area contributed by atoms with Gasteiger partial charge >= 0.3 is 0 Å². The fourth-order valence-electron chi connectivity index (χ4n) is 17.4. The molecule has 7 aliphatic carbocycles. The van der Waals surface area contributed by atoms with Gasteiger partial charge in [0.2, 0.25) is 0 Å². The fourth-order valence-corrected chi connectivity index (χ4v) is 17.4. The van der Waals surface area contributed by atoms with E-state index in [-0.39, 0.29) is 52.0 Å². The molecule has 0 unspecified atom stereocenters. The van der Waals surface area contributed by atoms with E-state index in [1.807, 2.05) is 20.0 Å². The average molecular weight is 871 g/mol. The molecular formula is C56H74N2O6. The fraction of sp³-hybridized carbons (Fsp3) is 0.679. The number of aromatic nitrogens is 2. The smallest absolute Gasteiger partial charge is 0.160 e. The molecule has 2 bridgehead atoms. The maximum Gasteiger partial charge on any atom is 0.160 e. The first-order chi connectivity index (χ1) is 30.4. The predicted molar refractivity (Wildman–Crippen MR) is 250 cm³/mol. The largest absolute Gasteiger partial charge is 0.390 e. The number of aliphatic hydroxyl groups excluding tert-OH is 1. The van der Waals surface area contributed by atoms with Crippen molar-refractivity contribution in [1.29, 1.82) is 0 Å². The van der Waals surface area contributed by atoms with E-state index in [0.717, 1.165) is 93.2 Å². The van der Waals surface area contributed by atoms with Gasteiger partial charge in [0.1, 0.15) is 11.9 Å². The summed E-state index contributed by atoms with van der Waals surface area (Å²) in [6.07, 6.45) is 20.2. The maximum absolute atomic E-state index is 15.2. The number of aliphatic hydroxyl groups is 2. The van der Waals surface area contributed by atoms with Gasteiger partial charge in [0.05, 0.1) is 28.3 Å². The molecule has 6 fully saturated rings. The number of hydrogen-bond acceptors (Lipinski definition) is 6. The van der Waals surface area contributed by atoms with E-state index in [2.05, 4.69) is 86.8 Å². The van der Waals surface area contributed by atoms with Crippen molar-refractivity contribution in [1.82, 2.24) is 9.55 Å². The molecule has 1 spiro atoms. The average Bonchev–Trinajstić information content (AvgIpc) is 3.79. The number of aromatic amines is 1. The molecule has 8 nitrogen and oxygen atoms in total. The summed E-state index contributed by atoms with van der Waals surface area (Å²) in [7, 11) is 0. The zero-order chi connectivity index (χ0) is 44.8. The van der Waals surface area contributed by atoms with Crippen molar-refractivity contribution in [2.24, 2.45) is 51.2 Å². The highest BCUT2D eigenvalue weighted by Crippen LogP contribution is 2.79. The van der Waals surface area contributed by atoms with E-state index in [0.29, 0.717) is 43.4 Å². The Hall–Kier alpha value is -3.30.